The molecule has 0 bridgehead atoms. The van der Waals surface area contributed by atoms with Crippen molar-refractivity contribution in [3.63, 3.8) is 0 Å². The van der Waals surface area contributed by atoms with Crippen molar-refractivity contribution in [2.24, 2.45) is 4.40 Å². The predicted octanol–water partition coefficient (Wildman–Crippen LogP) is 4.55. The molecule has 6 heteroatoms. The highest BCUT2D eigenvalue weighted by Crippen LogP contribution is 2.35. The van der Waals surface area contributed by atoms with Crippen LogP contribution in [0.2, 0.25) is 0 Å². The number of hydrogen-bond donors (Lipinski definition) is 1. The van der Waals surface area contributed by atoms with Crippen LogP contribution in [-0.4, -0.2) is 21.7 Å². The zero-order chi connectivity index (χ0) is 16.4. The van der Waals surface area contributed by atoms with E-state index in [1.165, 1.54) is 24.1 Å². The zero-order valence-electron chi connectivity index (χ0n) is 12.7. The minimum atomic E-state index is -3.64. The maximum atomic E-state index is 14.3. The Morgan fingerprint density at radius 1 is 1.29 bits per heavy atom. The van der Waals surface area contributed by atoms with Gasteiger partial charge in [0.2, 0.25) is 0 Å². The molecule has 0 aliphatic heterocycles. The van der Waals surface area contributed by atoms with Gasteiger partial charge in [0.05, 0.1) is 11.3 Å². The van der Waals surface area contributed by atoms with Gasteiger partial charge in [-0.2, -0.15) is 8.78 Å². The van der Waals surface area contributed by atoms with E-state index in [2.05, 4.69) is 4.40 Å². The van der Waals surface area contributed by atoms with E-state index < -0.39 is 23.4 Å². The molecule has 0 saturated carbocycles. The fourth-order valence-electron chi connectivity index (χ4n) is 1.55. The van der Waals surface area contributed by atoms with Gasteiger partial charge in [-0.1, -0.05) is 12.1 Å². The second kappa shape index (κ2) is 6.40. The third-order valence-electron chi connectivity index (χ3n) is 2.73. The fraction of sp³-hybridized carbons (Fsp3) is 0.533. The summed E-state index contributed by atoms with van der Waals surface area (Å²) in [4.78, 5) is 0. The van der Waals surface area contributed by atoms with Crippen molar-refractivity contribution in [2.45, 2.75) is 51.4 Å². The molecule has 1 N–H and O–H groups in total. The van der Waals surface area contributed by atoms with Crippen LogP contribution in [0.1, 0.15) is 45.7 Å². The summed E-state index contributed by atoms with van der Waals surface area (Å²) in [5.74, 6) is -4.68. The first-order valence-electron chi connectivity index (χ1n) is 6.55. The van der Waals surface area contributed by atoms with Gasteiger partial charge in [0, 0.05) is 10.3 Å². The first-order chi connectivity index (χ1) is 9.47. The molecule has 1 unspecified atom stereocenters. The van der Waals surface area contributed by atoms with Crippen LogP contribution in [0, 0.1) is 5.82 Å². The quantitative estimate of drug-likeness (QED) is 0.652. The maximum absolute atomic E-state index is 14.3. The zero-order valence-corrected chi connectivity index (χ0v) is 13.6. The Morgan fingerprint density at radius 3 is 2.33 bits per heavy atom. The standard InChI is InChI=1S/C15H20F3NOS/c1-9(19-21-14(3,4)5)11-7-6-8-12(13(11)16)15(17,18)10(2)20/h6-8,10,20H,1-5H3/b19-9-. The summed E-state index contributed by atoms with van der Waals surface area (Å²) in [6, 6.07) is 3.72. The van der Waals surface area contributed by atoms with Crippen LogP contribution in [0.15, 0.2) is 22.6 Å². The van der Waals surface area contributed by atoms with Gasteiger partial charge in [0.1, 0.15) is 11.9 Å². The molecule has 118 valence electrons. The highest BCUT2D eigenvalue weighted by atomic mass is 32.2. The van der Waals surface area contributed by atoms with E-state index in [1.807, 2.05) is 20.8 Å². The van der Waals surface area contributed by atoms with E-state index in [4.69, 9.17) is 5.11 Å². The average Bonchev–Trinajstić information content (AvgIpc) is 2.34. The van der Waals surface area contributed by atoms with Gasteiger partial charge in [0.25, 0.3) is 0 Å². The van der Waals surface area contributed by atoms with E-state index in [1.54, 1.807) is 6.92 Å². The third-order valence-corrected chi connectivity index (χ3v) is 3.64. The lowest BCUT2D eigenvalue weighted by atomic mass is 9.99. The van der Waals surface area contributed by atoms with Crippen molar-refractivity contribution < 1.29 is 18.3 Å². The summed E-state index contributed by atoms with van der Waals surface area (Å²) in [5.41, 5.74) is -0.467. The Bertz CT molecular complexity index is 536. The number of benzene rings is 1. The number of rotatable bonds is 4. The fourth-order valence-corrected chi connectivity index (χ4v) is 2.06. The van der Waals surface area contributed by atoms with Crippen molar-refractivity contribution in [3.8, 4) is 0 Å². The second-order valence-corrected chi connectivity index (χ2v) is 7.44. The summed E-state index contributed by atoms with van der Waals surface area (Å²) in [6.45, 7) is 8.35. The summed E-state index contributed by atoms with van der Waals surface area (Å²) in [7, 11) is 0. The molecular weight excluding hydrogens is 299 g/mol. The minimum Gasteiger partial charge on any atom is -0.387 e. The molecule has 0 spiro atoms. The third kappa shape index (κ3) is 4.48. The Hall–Kier alpha value is -1.01. The Kier molecular flexibility index (Phi) is 5.50. The van der Waals surface area contributed by atoms with E-state index in [-0.39, 0.29) is 10.3 Å². The molecule has 0 aromatic heterocycles. The Labute approximate surface area is 127 Å². The molecule has 0 heterocycles. The minimum absolute atomic E-state index is 0.0181. The van der Waals surface area contributed by atoms with Gasteiger partial charge in [-0.05, 0) is 52.6 Å². The average molecular weight is 319 g/mol. The van der Waals surface area contributed by atoms with E-state index in [9.17, 15) is 13.2 Å². The number of alkyl halides is 2. The van der Waals surface area contributed by atoms with Crippen molar-refractivity contribution in [1.29, 1.82) is 0 Å². The summed E-state index contributed by atoms with van der Waals surface area (Å²) >= 11 is 1.25. The van der Waals surface area contributed by atoms with Gasteiger partial charge in [-0.3, -0.25) is 0 Å². The predicted molar refractivity (Wildman–Crippen MR) is 81.5 cm³/mol. The summed E-state index contributed by atoms with van der Waals surface area (Å²) in [5, 5.41) is 9.15. The van der Waals surface area contributed by atoms with E-state index in [0.29, 0.717) is 5.71 Å². The molecule has 0 aliphatic carbocycles. The first-order valence-corrected chi connectivity index (χ1v) is 7.32. The number of hydrogen-bond acceptors (Lipinski definition) is 3. The molecule has 0 saturated heterocycles. The molecular formula is C15H20F3NOS. The normalized spacial score (nSPS) is 15.2. The lowest BCUT2D eigenvalue weighted by Gasteiger charge is -2.21. The molecule has 0 amide bonds. The highest BCUT2D eigenvalue weighted by molar-refractivity contribution is 7.99. The summed E-state index contributed by atoms with van der Waals surface area (Å²) in [6.07, 6.45) is -1.97. The van der Waals surface area contributed by atoms with Crippen LogP contribution in [0.5, 0.6) is 0 Å². The second-order valence-electron chi connectivity index (χ2n) is 5.85. The summed E-state index contributed by atoms with van der Waals surface area (Å²) < 4.78 is 46.0. The monoisotopic (exact) mass is 319 g/mol. The van der Waals surface area contributed by atoms with Gasteiger partial charge < -0.3 is 5.11 Å². The lowest BCUT2D eigenvalue weighted by molar-refractivity contribution is -0.108. The number of halogens is 3. The van der Waals surface area contributed by atoms with Crippen LogP contribution in [0.4, 0.5) is 13.2 Å². The van der Waals surface area contributed by atoms with Crippen LogP contribution >= 0.6 is 11.9 Å². The number of aliphatic hydroxyl groups excluding tert-OH is 1. The van der Waals surface area contributed by atoms with Crippen LogP contribution in [0.25, 0.3) is 0 Å². The van der Waals surface area contributed by atoms with Crippen LogP contribution in [0.3, 0.4) is 0 Å². The smallest absolute Gasteiger partial charge is 0.301 e. The number of aliphatic hydroxyl groups is 1. The van der Waals surface area contributed by atoms with Gasteiger partial charge in [-0.15, -0.1) is 0 Å². The van der Waals surface area contributed by atoms with Gasteiger partial charge in [-0.25, -0.2) is 8.79 Å². The van der Waals surface area contributed by atoms with Crippen LogP contribution in [-0.2, 0) is 5.92 Å². The van der Waals surface area contributed by atoms with E-state index in [0.717, 1.165) is 13.0 Å². The van der Waals surface area contributed by atoms with Gasteiger partial charge >= 0.3 is 5.92 Å². The molecule has 2 nitrogen and oxygen atoms in total. The van der Waals surface area contributed by atoms with Crippen molar-refractivity contribution in [2.75, 3.05) is 0 Å². The molecule has 1 rings (SSSR count). The molecule has 1 aromatic carbocycles. The highest BCUT2D eigenvalue weighted by Gasteiger charge is 2.40. The Morgan fingerprint density at radius 2 is 1.86 bits per heavy atom. The van der Waals surface area contributed by atoms with Crippen LogP contribution < -0.4 is 0 Å². The Balaban J connectivity index is 3.23. The molecule has 1 aromatic rings. The molecule has 0 aliphatic rings. The molecule has 0 fully saturated rings. The lowest BCUT2D eigenvalue weighted by Crippen LogP contribution is -2.29. The molecule has 0 radical (unpaired) electrons. The van der Waals surface area contributed by atoms with Crippen molar-refractivity contribution in [1.82, 2.24) is 0 Å². The van der Waals surface area contributed by atoms with E-state index >= 15 is 0 Å². The van der Waals surface area contributed by atoms with Crippen molar-refractivity contribution >= 4 is 17.7 Å². The topological polar surface area (TPSA) is 32.6 Å². The molecule has 21 heavy (non-hydrogen) atoms. The largest absolute Gasteiger partial charge is 0.387 e. The first kappa shape index (κ1) is 18.0. The number of nitrogens with zero attached hydrogens (tertiary/aromatic N) is 1. The molecule has 1 atom stereocenters. The SMILES string of the molecule is C/C(=N/SC(C)(C)C)c1cccc(C(F)(F)C(C)O)c1F. The van der Waals surface area contributed by atoms with Crippen molar-refractivity contribution in [3.05, 3.63) is 35.1 Å². The van der Waals surface area contributed by atoms with Gasteiger partial charge in [0.15, 0.2) is 0 Å². The maximum Gasteiger partial charge on any atom is 0.301 e.